The minimum Gasteiger partial charge on any atom is -0.476 e. The van der Waals surface area contributed by atoms with Crippen molar-refractivity contribution in [2.45, 2.75) is 32.2 Å². The predicted molar refractivity (Wildman–Crippen MR) is 122 cm³/mol. The molecule has 33 heavy (non-hydrogen) atoms. The average Bonchev–Trinajstić information content (AvgIpc) is 3.14. The molecule has 3 atom stereocenters. The zero-order chi connectivity index (χ0) is 23.5. The maximum absolute atomic E-state index is 13.4. The number of carbonyl (C=O) groups excluding carboxylic acids is 1. The molecule has 1 aromatic heterocycles. The molecule has 1 aliphatic rings. The van der Waals surface area contributed by atoms with Gasteiger partial charge in [0.1, 0.15) is 0 Å². The van der Waals surface area contributed by atoms with Gasteiger partial charge in [-0.1, -0.05) is 54.1 Å². The molecule has 0 aliphatic carbocycles. The van der Waals surface area contributed by atoms with Gasteiger partial charge in [-0.15, -0.1) is 0 Å². The van der Waals surface area contributed by atoms with Gasteiger partial charge in [0.2, 0.25) is 5.95 Å². The molecular formula is C26H25FN2O4. The van der Waals surface area contributed by atoms with Crippen LogP contribution in [0.2, 0.25) is 0 Å². The molecule has 1 saturated heterocycles. The number of anilines is 1. The lowest BCUT2D eigenvalue weighted by atomic mass is 9.83. The van der Waals surface area contributed by atoms with Crippen molar-refractivity contribution in [2.24, 2.45) is 5.92 Å². The van der Waals surface area contributed by atoms with Crippen LogP contribution in [0.4, 0.5) is 10.1 Å². The molecule has 0 spiro atoms. The SMILES string of the molecule is Cc1cc(C(C)Nc2ccc(F)nc2C(=O)O)cc([C@H]2C(=O)OCC2Cc2ccccc2)c1. The summed E-state index contributed by atoms with van der Waals surface area (Å²) < 4.78 is 18.9. The van der Waals surface area contributed by atoms with Crippen LogP contribution >= 0.6 is 0 Å². The Labute approximate surface area is 191 Å². The highest BCUT2D eigenvalue weighted by molar-refractivity contribution is 5.91. The first-order valence-electron chi connectivity index (χ1n) is 10.8. The van der Waals surface area contributed by atoms with E-state index in [1.807, 2.05) is 62.4 Å². The number of aromatic nitrogens is 1. The number of carbonyl (C=O) groups is 2. The molecule has 1 aliphatic heterocycles. The molecule has 2 aromatic carbocycles. The number of esters is 1. The summed E-state index contributed by atoms with van der Waals surface area (Å²) in [5.74, 6) is -2.75. The van der Waals surface area contributed by atoms with Gasteiger partial charge < -0.3 is 15.2 Å². The number of cyclic esters (lactones) is 1. The van der Waals surface area contributed by atoms with Crippen molar-refractivity contribution in [1.29, 1.82) is 0 Å². The number of pyridine rings is 1. The van der Waals surface area contributed by atoms with Crippen LogP contribution in [-0.2, 0) is 16.0 Å². The highest BCUT2D eigenvalue weighted by Crippen LogP contribution is 2.36. The summed E-state index contributed by atoms with van der Waals surface area (Å²) in [6, 6.07) is 18.1. The third-order valence-electron chi connectivity index (χ3n) is 5.92. The van der Waals surface area contributed by atoms with Crippen LogP contribution in [0, 0.1) is 18.8 Å². The second-order valence-electron chi connectivity index (χ2n) is 8.44. The quantitative estimate of drug-likeness (QED) is 0.395. The first-order chi connectivity index (χ1) is 15.8. The van der Waals surface area contributed by atoms with Crippen molar-refractivity contribution in [3.63, 3.8) is 0 Å². The fraction of sp³-hybridized carbons (Fsp3) is 0.269. The van der Waals surface area contributed by atoms with E-state index in [2.05, 4.69) is 10.3 Å². The van der Waals surface area contributed by atoms with Crippen molar-refractivity contribution in [3.8, 4) is 0 Å². The molecule has 2 N–H and O–H groups in total. The second-order valence-corrected chi connectivity index (χ2v) is 8.44. The highest BCUT2D eigenvalue weighted by atomic mass is 19.1. The Bertz CT molecular complexity index is 1180. The third-order valence-corrected chi connectivity index (χ3v) is 5.92. The fourth-order valence-corrected chi connectivity index (χ4v) is 4.37. The Kier molecular flexibility index (Phi) is 6.40. The number of benzene rings is 2. The number of nitrogens with zero attached hydrogens (tertiary/aromatic N) is 1. The normalized spacial score (nSPS) is 18.6. The Balaban J connectivity index is 1.61. The number of carboxylic acid groups (broad SMARTS) is 1. The van der Waals surface area contributed by atoms with E-state index < -0.39 is 11.9 Å². The summed E-state index contributed by atoms with van der Waals surface area (Å²) in [7, 11) is 0. The van der Waals surface area contributed by atoms with Crippen LogP contribution in [0.5, 0.6) is 0 Å². The smallest absolute Gasteiger partial charge is 0.356 e. The fourth-order valence-electron chi connectivity index (χ4n) is 4.37. The number of rotatable bonds is 7. The summed E-state index contributed by atoms with van der Waals surface area (Å²) in [6.45, 7) is 4.20. The largest absolute Gasteiger partial charge is 0.476 e. The third kappa shape index (κ3) is 5.03. The van der Waals surface area contributed by atoms with Crippen molar-refractivity contribution in [2.75, 3.05) is 11.9 Å². The zero-order valence-electron chi connectivity index (χ0n) is 18.4. The zero-order valence-corrected chi connectivity index (χ0v) is 18.4. The molecule has 4 rings (SSSR count). The first-order valence-corrected chi connectivity index (χ1v) is 10.8. The molecule has 1 fully saturated rings. The maximum Gasteiger partial charge on any atom is 0.356 e. The van der Waals surface area contributed by atoms with Crippen molar-refractivity contribution < 1.29 is 23.8 Å². The average molecular weight is 448 g/mol. The first kappa shape index (κ1) is 22.5. The Morgan fingerprint density at radius 1 is 1.21 bits per heavy atom. The van der Waals surface area contributed by atoms with Crippen molar-refractivity contribution >= 4 is 17.6 Å². The van der Waals surface area contributed by atoms with E-state index in [0.29, 0.717) is 6.61 Å². The molecule has 2 unspecified atom stereocenters. The number of carboxylic acids is 1. The van der Waals surface area contributed by atoms with Gasteiger partial charge in [0, 0.05) is 12.0 Å². The number of hydrogen-bond acceptors (Lipinski definition) is 5. The van der Waals surface area contributed by atoms with Gasteiger partial charge in [0.25, 0.3) is 0 Å². The molecular weight excluding hydrogens is 423 g/mol. The molecule has 0 bridgehead atoms. The molecule has 0 saturated carbocycles. The summed E-state index contributed by atoms with van der Waals surface area (Å²) in [6.07, 6.45) is 0.734. The van der Waals surface area contributed by atoms with Gasteiger partial charge in [0.05, 0.1) is 18.2 Å². The van der Waals surface area contributed by atoms with Crippen LogP contribution in [0.1, 0.15) is 51.6 Å². The summed E-state index contributed by atoms with van der Waals surface area (Å²) >= 11 is 0. The highest BCUT2D eigenvalue weighted by Gasteiger charge is 2.38. The topological polar surface area (TPSA) is 88.5 Å². The number of aryl methyl sites for hydroxylation is 1. The number of halogens is 1. The number of nitrogens with one attached hydrogen (secondary N) is 1. The molecule has 0 radical (unpaired) electrons. The molecule has 6 nitrogen and oxygen atoms in total. The van der Waals surface area contributed by atoms with Crippen LogP contribution in [0.25, 0.3) is 0 Å². The van der Waals surface area contributed by atoms with Gasteiger partial charge in [-0.05, 0) is 49.1 Å². The molecule has 0 amide bonds. The van der Waals surface area contributed by atoms with Gasteiger partial charge in [-0.3, -0.25) is 4.79 Å². The number of aromatic carboxylic acids is 1. The van der Waals surface area contributed by atoms with E-state index in [4.69, 9.17) is 4.74 Å². The van der Waals surface area contributed by atoms with E-state index in [9.17, 15) is 19.1 Å². The minimum atomic E-state index is -1.31. The van der Waals surface area contributed by atoms with E-state index >= 15 is 0 Å². The lowest BCUT2D eigenvalue weighted by molar-refractivity contribution is -0.139. The maximum atomic E-state index is 13.4. The monoisotopic (exact) mass is 448 g/mol. The van der Waals surface area contributed by atoms with Crippen LogP contribution in [0.3, 0.4) is 0 Å². The van der Waals surface area contributed by atoms with Gasteiger partial charge >= 0.3 is 11.9 Å². The summed E-state index contributed by atoms with van der Waals surface area (Å²) in [4.78, 5) is 27.6. The lowest BCUT2D eigenvalue weighted by Crippen LogP contribution is -2.18. The lowest BCUT2D eigenvalue weighted by Gasteiger charge is -2.21. The predicted octanol–water partition coefficient (Wildman–Crippen LogP) is 4.90. The minimum absolute atomic E-state index is 0.0257. The Hall–Kier alpha value is -3.74. The van der Waals surface area contributed by atoms with Gasteiger partial charge in [0.15, 0.2) is 5.69 Å². The Morgan fingerprint density at radius 2 is 1.97 bits per heavy atom. The molecule has 170 valence electrons. The summed E-state index contributed by atoms with van der Waals surface area (Å²) in [5.41, 5.74) is 3.73. The standard InChI is InChI=1S/C26H25FN2O4/c1-15-10-18(16(2)28-21-8-9-22(27)29-24(21)25(30)31)13-19(11-15)23-20(14-33-26(23)32)12-17-6-4-3-5-7-17/h3-11,13,16,20,23,28H,12,14H2,1-2H3,(H,30,31)/t16?,20?,23-/m1/s1. The van der Waals surface area contributed by atoms with E-state index in [1.165, 1.54) is 6.07 Å². The van der Waals surface area contributed by atoms with Crippen LogP contribution in [-0.4, -0.2) is 28.6 Å². The van der Waals surface area contributed by atoms with Crippen molar-refractivity contribution in [3.05, 3.63) is 94.6 Å². The molecule has 3 aromatic rings. The molecule has 2 heterocycles. The molecule has 7 heteroatoms. The van der Waals surface area contributed by atoms with E-state index in [-0.39, 0.29) is 35.2 Å². The van der Waals surface area contributed by atoms with Gasteiger partial charge in [-0.2, -0.15) is 4.39 Å². The summed E-state index contributed by atoms with van der Waals surface area (Å²) in [5, 5.41) is 12.5. The van der Waals surface area contributed by atoms with E-state index in [0.717, 1.165) is 34.7 Å². The van der Waals surface area contributed by atoms with E-state index in [1.54, 1.807) is 0 Å². The van der Waals surface area contributed by atoms with Gasteiger partial charge in [-0.25, -0.2) is 9.78 Å². The number of hydrogen-bond donors (Lipinski definition) is 2. The van der Waals surface area contributed by atoms with Crippen LogP contribution in [0.15, 0.2) is 60.7 Å². The second kappa shape index (κ2) is 9.40. The van der Waals surface area contributed by atoms with Crippen LogP contribution < -0.4 is 5.32 Å². The number of ether oxygens (including phenoxy) is 1. The Morgan fingerprint density at radius 3 is 2.70 bits per heavy atom. The van der Waals surface area contributed by atoms with Crippen molar-refractivity contribution in [1.82, 2.24) is 4.98 Å².